The summed E-state index contributed by atoms with van der Waals surface area (Å²) in [6.45, 7) is 4.39. The van der Waals surface area contributed by atoms with Gasteiger partial charge in [-0.05, 0) is 69.5 Å². The normalized spacial score (nSPS) is 18.8. The van der Waals surface area contributed by atoms with Crippen molar-refractivity contribution in [1.82, 2.24) is 4.90 Å². The Bertz CT molecular complexity index is 473. The highest BCUT2D eigenvalue weighted by atomic mass is 16.5. The number of nitrogens with zero attached hydrogens (tertiary/aromatic N) is 1. The second-order valence-corrected chi connectivity index (χ2v) is 6.62. The van der Waals surface area contributed by atoms with Crippen LogP contribution < -0.4 is 4.74 Å². The molecule has 3 nitrogen and oxygen atoms in total. The molecule has 0 amide bonds. The Balaban J connectivity index is 0.00000192. The number of carbonyl (C=O) groups excluding carboxylic acids is 1. The van der Waals surface area contributed by atoms with E-state index in [9.17, 15) is 4.79 Å². The zero-order valence-corrected chi connectivity index (χ0v) is 13.4. The molecule has 0 bridgehead atoms. The molecule has 0 radical (unpaired) electrons. The second kappa shape index (κ2) is 9.07. The molecule has 3 heteroatoms. The molecule has 1 aromatic carbocycles. The second-order valence-electron chi connectivity index (χ2n) is 6.62. The molecule has 3 rings (SSSR count). The highest BCUT2D eigenvalue weighted by Crippen LogP contribution is 2.30. The third-order valence-corrected chi connectivity index (χ3v) is 4.95. The van der Waals surface area contributed by atoms with Crippen molar-refractivity contribution in [1.29, 1.82) is 0 Å². The minimum Gasteiger partial charge on any atom is -0.494 e. The first-order valence-electron chi connectivity index (χ1n) is 8.82. The molecule has 0 aromatic heterocycles. The highest BCUT2D eigenvalue weighted by Gasteiger charge is 2.25. The van der Waals surface area contributed by atoms with E-state index in [1.807, 2.05) is 24.3 Å². The van der Waals surface area contributed by atoms with E-state index in [4.69, 9.17) is 4.74 Å². The smallest absolute Gasteiger partial charge is 0.165 e. The van der Waals surface area contributed by atoms with E-state index >= 15 is 0 Å². The Morgan fingerprint density at radius 2 is 1.74 bits per heavy atom. The van der Waals surface area contributed by atoms with Gasteiger partial charge in [-0.25, -0.2) is 0 Å². The van der Waals surface area contributed by atoms with Crippen LogP contribution in [-0.4, -0.2) is 36.9 Å². The fraction of sp³-hybridized carbons (Fsp3) is 0.650. The quantitative estimate of drug-likeness (QED) is 0.545. The molecule has 0 N–H and O–H groups in total. The SMILES string of the molecule is C.O=C(c1ccc(OCCCN2CCCCC2)cc1)C1CCC1. The number of hydrogen-bond acceptors (Lipinski definition) is 3. The molecule has 0 spiro atoms. The molecular formula is C20H31NO2. The van der Waals surface area contributed by atoms with Crippen LogP contribution in [-0.2, 0) is 0 Å². The zero-order valence-electron chi connectivity index (χ0n) is 13.4. The number of hydrogen-bond donors (Lipinski definition) is 0. The molecule has 1 aliphatic heterocycles. The predicted molar refractivity (Wildman–Crippen MR) is 95.2 cm³/mol. The maximum atomic E-state index is 12.1. The van der Waals surface area contributed by atoms with Gasteiger partial charge in [0.05, 0.1) is 6.61 Å². The van der Waals surface area contributed by atoms with Gasteiger partial charge in [0.15, 0.2) is 5.78 Å². The van der Waals surface area contributed by atoms with Crippen LogP contribution in [0, 0.1) is 5.92 Å². The summed E-state index contributed by atoms with van der Waals surface area (Å²) >= 11 is 0. The van der Waals surface area contributed by atoms with Crippen molar-refractivity contribution in [2.45, 2.75) is 52.4 Å². The summed E-state index contributed by atoms with van der Waals surface area (Å²) in [4.78, 5) is 14.7. The van der Waals surface area contributed by atoms with Gasteiger partial charge in [-0.15, -0.1) is 0 Å². The number of ether oxygens (including phenoxy) is 1. The van der Waals surface area contributed by atoms with Crippen molar-refractivity contribution >= 4 is 5.78 Å². The maximum absolute atomic E-state index is 12.1. The van der Waals surface area contributed by atoms with E-state index in [0.29, 0.717) is 5.78 Å². The summed E-state index contributed by atoms with van der Waals surface area (Å²) in [7, 11) is 0. The Morgan fingerprint density at radius 1 is 1.04 bits per heavy atom. The fourth-order valence-electron chi connectivity index (χ4n) is 3.28. The summed E-state index contributed by atoms with van der Waals surface area (Å²) in [5.41, 5.74) is 0.838. The van der Waals surface area contributed by atoms with E-state index in [1.54, 1.807) is 0 Å². The van der Waals surface area contributed by atoms with Crippen LogP contribution in [0.15, 0.2) is 24.3 Å². The Kier molecular flexibility index (Phi) is 7.10. The third kappa shape index (κ3) is 5.07. The topological polar surface area (TPSA) is 29.5 Å². The molecule has 23 heavy (non-hydrogen) atoms. The van der Waals surface area contributed by atoms with Crippen LogP contribution in [0.2, 0.25) is 0 Å². The minimum absolute atomic E-state index is 0. The predicted octanol–water partition coefficient (Wildman–Crippen LogP) is 4.56. The van der Waals surface area contributed by atoms with Gasteiger partial charge in [0.25, 0.3) is 0 Å². The third-order valence-electron chi connectivity index (χ3n) is 4.95. The van der Waals surface area contributed by atoms with Crippen LogP contribution >= 0.6 is 0 Å². The van der Waals surface area contributed by atoms with Crippen LogP contribution in [0.25, 0.3) is 0 Å². The van der Waals surface area contributed by atoms with Gasteiger partial charge in [-0.3, -0.25) is 4.79 Å². The van der Waals surface area contributed by atoms with Gasteiger partial charge >= 0.3 is 0 Å². The largest absolute Gasteiger partial charge is 0.494 e. The Morgan fingerprint density at radius 3 is 2.35 bits per heavy atom. The molecule has 1 saturated carbocycles. The first kappa shape index (κ1) is 18.0. The van der Waals surface area contributed by atoms with Crippen LogP contribution in [0.4, 0.5) is 0 Å². The van der Waals surface area contributed by atoms with Crippen LogP contribution in [0.1, 0.15) is 62.7 Å². The molecule has 128 valence electrons. The van der Waals surface area contributed by atoms with E-state index in [2.05, 4.69) is 4.90 Å². The van der Waals surface area contributed by atoms with Gasteiger partial charge < -0.3 is 9.64 Å². The first-order chi connectivity index (χ1) is 10.8. The minimum atomic E-state index is 0. The molecule has 0 atom stereocenters. The van der Waals surface area contributed by atoms with Crippen LogP contribution in [0.5, 0.6) is 5.75 Å². The molecule has 1 aromatic rings. The van der Waals surface area contributed by atoms with E-state index in [0.717, 1.165) is 43.7 Å². The monoisotopic (exact) mass is 317 g/mol. The molecule has 1 saturated heterocycles. The Labute approximate surface area is 141 Å². The summed E-state index contributed by atoms with van der Waals surface area (Å²) in [5, 5.41) is 0. The summed E-state index contributed by atoms with van der Waals surface area (Å²) < 4.78 is 5.79. The van der Waals surface area contributed by atoms with Gasteiger partial charge in [-0.2, -0.15) is 0 Å². The number of piperidine rings is 1. The number of ketones is 1. The van der Waals surface area contributed by atoms with Gasteiger partial charge in [-0.1, -0.05) is 20.3 Å². The molecule has 1 aliphatic carbocycles. The molecule has 0 unspecified atom stereocenters. The number of Topliss-reactive ketones (excluding diaryl/α,β-unsaturated/α-hetero) is 1. The maximum Gasteiger partial charge on any atom is 0.165 e. The summed E-state index contributed by atoms with van der Waals surface area (Å²) in [5.74, 6) is 1.46. The Hall–Kier alpha value is -1.35. The van der Waals surface area contributed by atoms with Gasteiger partial charge in [0.2, 0.25) is 0 Å². The van der Waals surface area contributed by atoms with Crippen molar-refractivity contribution in [3.8, 4) is 5.75 Å². The molecular weight excluding hydrogens is 286 g/mol. The van der Waals surface area contributed by atoms with E-state index in [1.165, 1.54) is 38.8 Å². The first-order valence-corrected chi connectivity index (χ1v) is 8.82. The number of rotatable bonds is 7. The average Bonchev–Trinajstić information content (AvgIpc) is 2.51. The molecule has 1 heterocycles. The van der Waals surface area contributed by atoms with Crippen molar-refractivity contribution < 1.29 is 9.53 Å². The lowest BCUT2D eigenvalue weighted by Gasteiger charge is -2.26. The highest BCUT2D eigenvalue weighted by molar-refractivity contribution is 5.98. The average molecular weight is 317 g/mol. The van der Waals surface area contributed by atoms with E-state index < -0.39 is 0 Å². The summed E-state index contributed by atoms with van der Waals surface area (Å²) in [6, 6.07) is 7.71. The lowest BCUT2D eigenvalue weighted by atomic mass is 9.80. The van der Waals surface area contributed by atoms with Crippen molar-refractivity contribution in [3.63, 3.8) is 0 Å². The standard InChI is InChI=1S/C19H27NO2.CH4/c21-19(16-6-4-7-16)17-8-10-18(11-9-17)22-15-5-14-20-12-2-1-3-13-20;/h8-11,16H,1-7,12-15H2;1H4. The number of carbonyl (C=O) groups is 1. The summed E-state index contributed by atoms with van der Waals surface area (Å²) in [6.07, 6.45) is 8.48. The number of benzene rings is 1. The van der Waals surface area contributed by atoms with Crippen LogP contribution in [0.3, 0.4) is 0 Å². The molecule has 2 fully saturated rings. The fourth-order valence-corrected chi connectivity index (χ4v) is 3.28. The van der Waals surface area contributed by atoms with E-state index in [-0.39, 0.29) is 13.3 Å². The van der Waals surface area contributed by atoms with Gasteiger partial charge in [0.1, 0.15) is 5.75 Å². The van der Waals surface area contributed by atoms with Crippen molar-refractivity contribution in [2.75, 3.05) is 26.2 Å². The van der Waals surface area contributed by atoms with Crippen molar-refractivity contribution in [3.05, 3.63) is 29.8 Å². The van der Waals surface area contributed by atoms with Crippen molar-refractivity contribution in [2.24, 2.45) is 5.92 Å². The van der Waals surface area contributed by atoms with Gasteiger partial charge in [0, 0.05) is 18.0 Å². The lowest BCUT2D eigenvalue weighted by molar-refractivity contribution is 0.0855. The zero-order chi connectivity index (χ0) is 15.2. The lowest BCUT2D eigenvalue weighted by Crippen LogP contribution is -2.31. The molecule has 2 aliphatic rings. The number of likely N-dealkylation sites (tertiary alicyclic amines) is 1.